The molecule has 2 aromatic carbocycles. The molecule has 0 aliphatic rings. The van der Waals surface area contributed by atoms with Crippen LogP contribution in [0.5, 0.6) is 0 Å². The van der Waals surface area contributed by atoms with Crippen LogP contribution in [-0.4, -0.2) is 11.1 Å². The smallest absolute Gasteiger partial charge is 0.257 e. The monoisotopic (exact) mass is 384 g/mol. The molecule has 0 bridgehead atoms. The SMILES string of the molecule is Cc1ccc(CNC(=O)c2c(-c3cccc(Br)c3)noc2C)cc1. The number of aryl methyl sites for hydroxylation is 2. The van der Waals surface area contributed by atoms with Crippen LogP contribution in [0.3, 0.4) is 0 Å². The van der Waals surface area contributed by atoms with Gasteiger partial charge in [-0.3, -0.25) is 4.79 Å². The zero-order valence-corrected chi connectivity index (χ0v) is 15.1. The lowest BCUT2D eigenvalue weighted by molar-refractivity contribution is 0.0950. The van der Waals surface area contributed by atoms with Crippen LogP contribution in [0.25, 0.3) is 11.3 Å². The summed E-state index contributed by atoms with van der Waals surface area (Å²) in [6.07, 6.45) is 0. The van der Waals surface area contributed by atoms with Gasteiger partial charge in [0, 0.05) is 16.6 Å². The van der Waals surface area contributed by atoms with Crippen LogP contribution in [-0.2, 0) is 6.54 Å². The van der Waals surface area contributed by atoms with Gasteiger partial charge in [-0.2, -0.15) is 0 Å². The maximum absolute atomic E-state index is 12.6. The van der Waals surface area contributed by atoms with Gasteiger partial charge in [-0.1, -0.05) is 63.0 Å². The zero-order chi connectivity index (χ0) is 17.1. The van der Waals surface area contributed by atoms with E-state index >= 15 is 0 Å². The maximum Gasteiger partial charge on any atom is 0.257 e. The van der Waals surface area contributed by atoms with E-state index in [4.69, 9.17) is 4.52 Å². The molecule has 1 heterocycles. The summed E-state index contributed by atoms with van der Waals surface area (Å²) in [5.74, 6) is 0.315. The molecule has 0 aliphatic carbocycles. The van der Waals surface area contributed by atoms with Crippen molar-refractivity contribution in [3.63, 3.8) is 0 Å². The average molecular weight is 385 g/mol. The van der Waals surface area contributed by atoms with Crippen molar-refractivity contribution >= 4 is 21.8 Å². The van der Waals surface area contributed by atoms with Crippen molar-refractivity contribution in [3.8, 4) is 11.3 Å². The Morgan fingerprint density at radius 3 is 2.62 bits per heavy atom. The number of rotatable bonds is 4. The molecule has 0 saturated carbocycles. The highest BCUT2D eigenvalue weighted by Gasteiger charge is 2.21. The molecule has 1 N–H and O–H groups in total. The van der Waals surface area contributed by atoms with Crippen LogP contribution in [0.2, 0.25) is 0 Å². The second-order valence-electron chi connectivity index (χ2n) is 5.64. The Balaban J connectivity index is 1.82. The predicted octanol–water partition coefficient (Wildman–Crippen LogP) is 4.65. The van der Waals surface area contributed by atoms with Crippen LogP contribution in [0.1, 0.15) is 27.2 Å². The average Bonchev–Trinajstić information content (AvgIpc) is 2.96. The summed E-state index contributed by atoms with van der Waals surface area (Å²) in [5, 5.41) is 6.99. The minimum atomic E-state index is -0.190. The molecule has 0 aliphatic heterocycles. The van der Waals surface area contributed by atoms with E-state index in [0.717, 1.165) is 15.6 Å². The van der Waals surface area contributed by atoms with Gasteiger partial charge < -0.3 is 9.84 Å². The first kappa shape index (κ1) is 16.5. The number of benzene rings is 2. The quantitative estimate of drug-likeness (QED) is 0.711. The minimum Gasteiger partial charge on any atom is -0.360 e. The normalized spacial score (nSPS) is 10.6. The fraction of sp³-hybridized carbons (Fsp3) is 0.158. The van der Waals surface area contributed by atoms with E-state index in [-0.39, 0.29) is 5.91 Å². The Kier molecular flexibility index (Phi) is 4.81. The molecular weight excluding hydrogens is 368 g/mol. The predicted molar refractivity (Wildman–Crippen MR) is 96.7 cm³/mol. The topological polar surface area (TPSA) is 55.1 Å². The fourth-order valence-electron chi connectivity index (χ4n) is 2.45. The van der Waals surface area contributed by atoms with Crippen LogP contribution in [0.15, 0.2) is 57.5 Å². The van der Waals surface area contributed by atoms with E-state index in [1.54, 1.807) is 6.92 Å². The molecule has 0 fully saturated rings. The van der Waals surface area contributed by atoms with E-state index in [2.05, 4.69) is 26.4 Å². The summed E-state index contributed by atoms with van der Waals surface area (Å²) >= 11 is 3.44. The summed E-state index contributed by atoms with van der Waals surface area (Å²) in [5.41, 5.74) is 4.10. The zero-order valence-electron chi connectivity index (χ0n) is 13.5. The van der Waals surface area contributed by atoms with Crippen LogP contribution < -0.4 is 5.32 Å². The van der Waals surface area contributed by atoms with Gasteiger partial charge in [0.15, 0.2) is 0 Å². The largest absolute Gasteiger partial charge is 0.360 e. The molecule has 1 aromatic heterocycles. The molecule has 0 atom stereocenters. The standard InChI is InChI=1S/C19H17BrN2O2/c1-12-6-8-14(9-7-12)11-21-19(23)17-13(2)24-22-18(17)15-4-3-5-16(20)10-15/h3-10H,11H2,1-2H3,(H,21,23). The molecule has 24 heavy (non-hydrogen) atoms. The maximum atomic E-state index is 12.6. The number of hydrogen-bond acceptors (Lipinski definition) is 3. The van der Waals surface area contributed by atoms with Crippen molar-refractivity contribution in [1.29, 1.82) is 0 Å². The molecule has 0 unspecified atom stereocenters. The van der Waals surface area contributed by atoms with Gasteiger partial charge in [0.05, 0.1) is 0 Å². The first-order valence-corrected chi connectivity index (χ1v) is 8.40. The molecule has 0 spiro atoms. The van der Waals surface area contributed by atoms with Gasteiger partial charge in [-0.15, -0.1) is 0 Å². The van der Waals surface area contributed by atoms with Crippen molar-refractivity contribution < 1.29 is 9.32 Å². The van der Waals surface area contributed by atoms with Gasteiger partial charge in [-0.25, -0.2) is 0 Å². The number of aromatic nitrogens is 1. The van der Waals surface area contributed by atoms with Crippen molar-refractivity contribution in [2.45, 2.75) is 20.4 Å². The number of halogens is 1. The third kappa shape index (κ3) is 3.57. The van der Waals surface area contributed by atoms with Gasteiger partial charge in [0.2, 0.25) is 0 Å². The van der Waals surface area contributed by atoms with Crippen molar-refractivity contribution in [3.05, 3.63) is 75.5 Å². The van der Waals surface area contributed by atoms with E-state index in [1.165, 1.54) is 5.56 Å². The number of nitrogens with one attached hydrogen (secondary N) is 1. The summed E-state index contributed by atoms with van der Waals surface area (Å²) < 4.78 is 6.18. The number of amides is 1. The number of carbonyl (C=O) groups is 1. The van der Waals surface area contributed by atoms with Gasteiger partial charge >= 0.3 is 0 Å². The molecule has 122 valence electrons. The lowest BCUT2D eigenvalue weighted by Crippen LogP contribution is -2.23. The van der Waals surface area contributed by atoms with Crippen molar-refractivity contribution in [2.75, 3.05) is 0 Å². The Morgan fingerprint density at radius 2 is 1.92 bits per heavy atom. The van der Waals surface area contributed by atoms with E-state index < -0.39 is 0 Å². The van der Waals surface area contributed by atoms with Gasteiger partial charge in [-0.05, 0) is 31.5 Å². The summed E-state index contributed by atoms with van der Waals surface area (Å²) in [7, 11) is 0. The minimum absolute atomic E-state index is 0.190. The lowest BCUT2D eigenvalue weighted by atomic mass is 10.1. The molecule has 3 aromatic rings. The first-order chi connectivity index (χ1) is 11.5. The van der Waals surface area contributed by atoms with Crippen molar-refractivity contribution in [1.82, 2.24) is 10.5 Å². The number of hydrogen-bond donors (Lipinski definition) is 1. The Morgan fingerprint density at radius 1 is 1.17 bits per heavy atom. The van der Waals surface area contributed by atoms with Gasteiger partial charge in [0.1, 0.15) is 17.0 Å². The Bertz CT molecular complexity index is 869. The van der Waals surface area contributed by atoms with Crippen molar-refractivity contribution in [2.24, 2.45) is 0 Å². The lowest BCUT2D eigenvalue weighted by Gasteiger charge is -2.07. The van der Waals surface area contributed by atoms with E-state index in [0.29, 0.717) is 23.6 Å². The summed E-state index contributed by atoms with van der Waals surface area (Å²) in [4.78, 5) is 12.6. The van der Waals surface area contributed by atoms with E-state index in [9.17, 15) is 4.79 Å². The molecule has 4 nitrogen and oxygen atoms in total. The highest BCUT2D eigenvalue weighted by Crippen LogP contribution is 2.27. The van der Waals surface area contributed by atoms with Gasteiger partial charge in [0.25, 0.3) is 5.91 Å². The third-order valence-electron chi connectivity index (χ3n) is 3.76. The molecule has 1 amide bonds. The Labute approximate surface area is 149 Å². The highest BCUT2D eigenvalue weighted by atomic mass is 79.9. The Hall–Kier alpha value is -2.40. The van der Waals surface area contributed by atoms with Crippen LogP contribution in [0.4, 0.5) is 0 Å². The molecule has 0 radical (unpaired) electrons. The molecule has 0 saturated heterocycles. The van der Waals surface area contributed by atoms with Crippen LogP contribution >= 0.6 is 15.9 Å². The third-order valence-corrected chi connectivity index (χ3v) is 4.25. The van der Waals surface area contributed by atoms with E-state index in [1.807, 2.05) is 55.5 Å². The molecule has 5 heteroatoms. The second-order valence-corrected chi connectivity index (χ2v) is 6.56. The first-order valence-electron chi connectivity index (χ1n) is 7.60. The van der Waals surface area contributed by atoms with Crippen LogP contribution in [0, 0.1) is 13.8 Å². The second kappa shape index (κ2) is 7.01. The number of nitrogens with zero attached hydrogens (tertiary/aromatic N) is 1. The summed E-state index contributed by atoms with van der Waals surface area (Å²) in [6, 6.07) is 15.7. The molecular formula is C19H17BrN2O2. The molecule has 3 rings (SSSR count). The fourth-order valence-corrected chi connectivity index (χ4v) is 2.85. The summed E-state index contributed by atoms with van der Waals surface area (Å²) in [6.45, 7) is 4.24. The number of carbonyl (C=O) groups excluding carboxylic acids is 1. The highest BCUT2D eigenvalue weighted by molar-refractivity contribution is 9.10.